The fourth-order valence-corrected chi connectivity index (χ4v) is 4.69. The minimum absolute atomic E-state index is 0.0282. The Hall–Kier alpha value is -3.78. The zero-order chi connectivity index (χ0) is 24.2. The molecule has 4 rings (SSSR count). The van der Waals surface area contributed by atoms with Crippen molar-refractivity contribution in [1.82, 2.24) is 5.32 Å². The number of methoxy groups -OCH3 is 1. The van der Waals surface area contributed by atoms with Gasteiger partial charge in [-0.15, -0.1) is 0 Å². The number of dihydropyridines is 1. The fourth-order valence-electron chi connectivity index (χ4n) is 4.69. The third-order valence-corrected chi connectivity index (χ3v) is 6.28. The van der Waals surface area contributed by atoms with Gasteiger partial charge in [-0.1, -0.05) is 42.5 Å². The van der Waals surface area contributed by atoms with Crippen molar-refractivity contribution in [1.29, 1.82) is 0 Å². The Morgan fingerprint density at radius 1 is 1.06 bits per heavy atom. The second-order valence-electron chi connectivity index (χ2n) is 8.41. The summed E-state index contributed by atoms with van der Waals surface area (Å²) in [7, 11) is 1.52. The molecular formula is C26H26N2O6. The molecule has 1 aliphatic carbocycles. The molecule has 2 unspecified atom stereocenters. The van der Waals surface area contributed by atoms with Gasteiger partial charge in [0.2, 0.25) is 0 Å². The molecule has 0 amide bonds. The molecule has 0 radical (unpaired) electrons. The molecule has 0 aromatic heterocycles. The van der Waals surface area contributed by atoms with Crippen molar-refractivity contribution in [2.24, 2.45) is 0 Å². The van der Waals surface area contributed by atoms with Crippen molar-refractivity contribution in [3.63, 3.8) is 0 Å². The number of ether oxygens (including phenoxy) is 2. The lowest BCUT2D eigenvalue weighted by Crippen LogP contribution is -2.36. The van der Waals surface area contributed by atoms with Gasteiger partial charge in [-0.2, -0.15) is 0 Å². The van der Waals surface area contributed by atoms with Crippen LogP contribution in [0.15, 0.2) is 77.1 Å². The van der Waals surface area contributed by atoms with Crippen molar-refractivity contribution in [3.8, 4) is 0 Å². The number of carbonyl (C=O) groups is 2. The third kappa shape index (κ3) is 4.63. The summed E-state index contributed by atoms with van der Waals surface area (Å²) in [6.45, 7) is 2.11. The lowest BCUT2D eigenvalue weighted by Gasteiger charge is -2.36. The number of nitrogens with one attached hydrogen (secondary N) is 1. The summed E-state index contributed by atoms with van der Waals surface area (Å²) in [5.41, 5.74) is 3.88. The van der Waals surface area contributed by atoms with Crippen molar-refractivity contribution < 1.29 is 24.0 Å². The Kier molecular flexibility index (Phi) is 6.88. The van der Waals surface area contributed by atoms with Crippen molar-refractivity contribution in [3.05, 3.63) is 98.4 Å². The zero-order valence-electron chi connectivity index (χ0n) is 19.1. The lowest BCUT2D eigenvalue weighted by molar-refractivity contribution is -0.384. The highest BCUT2D eigenvalue weighted by molar-refractivity contribution is 6.04. The summed E-state index contributed by atoms with van der Waals surface area (Å²) in [4.78, 5) is 37.3. The molecule has 2 aromatic carbocycles. The average Bonchev–Trinajstić information content (AvgIpc) is 2.83. The topological polar surface area (TPSA) is 108 Å². The SMILES string of the molecule is COCCOC(=O)C1=C(C)NC2=C(C(=O)CC(c3ccccc3)C2)C1c1ccc([N+](=O)[O-])cc1. The predicted molar refractivity (Wildman–Crippen MR) is 125 cm³/mol. The first-order valence-corrected chi connectivity index (χ1v) is 11.1. The van der Waals surface area contributed by atoms with Crippen LogP contribution in [0.1, 0.15) is 42.7 Å². The Balaban J connectivity index is 1.76. The standard InChI is InChI=1S/C26H26N2O6/c1-16-23(26(30)34-13-12-33-2)24(18-8-10-20(11-9-18)28(31)32)25-21(27-16)14-19(15-22(25)29)17-6-4-3-5-7-17/h3-11,19,24,27H,12-15H2,1-2H3. The molecule has 2 aromatic rings. The van der Waals surface area contributed by atoms with E-state index in [1.807, 2.05) is 30.3 Å². The first-order chi connectivity index (χ1) is 16.4. The van der Waals surface area contributed by atoms with E-state index in [9.17, 15) is 19.7 Å². The van der Waals surface area contributed by atoms with Gasteiger partial charge in [-0.25, -0.2) is 4.79 Å². The van der Waals surface area contributed by atoms with Crippen molar-refractivity contribution in [2.45, 2.75) is 31.6 Å². The number of esters is 1. The van der Waals surface area contributed by atoms with Gasteiger partial charge in [-0.05, 0) is 30.4 Å². The van der Waals surface area contributed by atoms with E-state index >= 15 is 0 Å². The molecule has 0 saturated carbocycles. The number of Topliss-reactive ketones (excluding diaryl/α,β-unsaturated/α-hetero) is 1. The number of hydrogen-bond donors (Lipinski definition) is 1. The van der Waals surface area contributed by atoms with E-state index in [1.165, 1.54) is 19.2 Å². The first kappa shape index (κ1) is 23.4. The molecule has 8 heteroatoms. The van der Waals surface area contributed by atoms with Crippen molar-refractivity contribution >= 4 is 17.4 Å². The Bertz CT molecular complexity index is 1170. The highest BCUT2D eigenvalue weighted by Gasteiger charge is 2.41. The predicted octanol–water partition coefficient (Wildman–Crippen LogP) is 4.15. The highest BCUT2D eigenvalue weighted by atomic mass is 16.6. The quantitative estimate of drug-likeness (QED) is 0.285. The zero-order valence-corrected chi connectivity index (χ0v) is 19.1. The summed E-state index contributed by atoms with van der Waals surface area (Å²) < 4.78 is 10.4. The molecule has 176 valence electrons. The first-order valence-electron chi connectivity index (χ1n) is 11.1. The molecule has 0 spiro atoms. The van der Waals surface area contributed by atoms with Crippen molar-refractivity contribution in [2.75, 3.05) is 20.3 Å². The van der Waals surface area contributed by atoms with Gasteiger partial charge < -0.3 is 14.8 Å². The molecule has 1 aliphatic heterocycles. The molecule has 2 aliphatic rings. The number of carbonyl (C=O) groups excluding carboxylic acids is 2. The number of nitro groups is 1. The number of nitro benzene ring substituents is 1. The van der Waals surface area contributed by atoms with Crippen LogP contribution in [-0.2, 0) is 19.1 Å². The van der Waals surface area contributed by atoms with Gasteiger partial charge in [0.05, 0.1) is 17.1 Å². The van der Waals surface area contributed by atoms with Crippen LogP contribution < -0.4 is 5.32 Å². The smallest absolute Gasteiger partial charge is 0.336 e. The molecule has 1 N–H and O–H groups in total. The normalized spacial score (nSPS) is 20.0. The molecule has 0 bridgehead atoms. The lowest BCUT2D eigenvalue weighted by atomic mass is 9.71. The van der Waals surface area contributed by atoms with E-state index in [1.54, 1.807) is 19.1 Å². The maximum Gasteiger partial charge on any atom is 0.336 e. The number of hydrogen-bond acceptors (Lipinski definition) is 7. The van der Waals surface area contributed by atoms with E-state index in [0.29, 0.717) is 35.2 Å². The highest BCUT2D eigenvalue weighted by Crippen LogP contribution is 2.45. The molecule has 0 saturated heterocycles. The van der Waals surface area contributed by atoms with E-state index in [-0.39, 0.29) is 30.6 Å². The summed E-state index contributed by atoms with van der Waals surface area (Å²) >= 11 is 0. The molecule has 2 atom stereocenters. The maximum absolute atomic E-state index is 13.5. The molecule has 8 nitrogen and oxygen atoms in total. The van der Waals surface area contributed by atoms with E-state index in [2.05, 4.69) is 5.32 Å². The van der Waals surface area contributed by atoms with Crippen LogP contribution in [0.25, 0.3) is 0 Å². The summed E-state index contributed by atoms with van der Waals surface area (Å²) in [5, 5.41) is 14.4. The average molecular weight is 463 g/mol. The van der Waals surface area contributed by atoms with Gasteiger partial charge in [0.1, 0.15) is 6.61 Å². The number of non-ortho nitro benzene ring substituents is 1. The Morgan fingerprint density at radius 3 is 2.41 bits per heavy atom. The molecule has 0 fully saturated rings. The van der Waals surface area contributed by atoms with Gasteiger partial charge in [0, 0.05) is 48.5 Å². The fraction of sp³-hybridized carbons (Fsp3) is 0.308. The van der Waals surface area contributed by atoms with Gasteiger partial charge in [-0.3, -0.25) is 14.9 Å². The minimum Gasteiger partial charge on any atom is -0.460 e. The van der Waals surface area contributed by atoms with Crippen LogP contribution in [0.5, 0.6) is 0 Å². The van der Waals surface area contributed by atoms with Crippen LogP contribution in [0.3, 0.4) is 0 Å². The van der Waals surface area contributed by atoms with Crippen LogP contribution in [-0.4, -0.2) is 37.0 Å². The van der Waals surface area contributed by atoms with Crippen LogP contribution >= 0.6 is 0 Å². The van der Waals surface area contributed by atoms with E-state index < -0.39 is 16.8 Å². The number of ketones is 1. The summed E-state index contributed by atoms with van der Waals surface area (Å²) in [5.74, 6) is -1.24. The van der Waals surface area contributed by atoms with Crippen LogP contribution in [0, 0.1) is 10.1 Å². The van der Waals surface area contributed by atoms with Gasteiger partial charge in [0.15, 0.2) is 5.78 Å². The molecule has 1 heterocycles. The van der Waals surface area contributed by atoms with Crippen LogP contribution in [0.2, 0.25) is 0 Å². The summed E-state index contributed by atoms with van der Waals surface area (Å²) in [6.07, 6.45) is 0.941. The monoisotopic (exact) mass is 462 g/mol. The minimum atomic E-state index is -0.670. The van der Waals surface area contributed by atoms with Gasteiger partial charge in [0.25, 0.3) is 5.69 Å². The Labute approximate surface area is 197 Å². The number of nitrogens with zero attached hydrogens (tertiary/aromatic N) is 1. The number of rotatable bonds is 7. The second kappa shape index (κ2) is 10.0. The van der Waals surface area contributed by atoms with Crippen LogP contribution in [0.4, 0.5) is 5.69 Å². The Morgan fingerprint density at radius 2 is 1.76 bits per heavy atom. The summed E-state index contributed by atoms with van der Waals surface area (Å²) in [6, 6.07) is 15.9. The largest absolute Gasteiger partial charge is 0.460 e. The molecular weight excluding hydrogens is 436 g/mol. The third-order valence-electron chi connectivity index (χ3n) is 6.28. The molecule has 34 heavy (non-hydrogen) atoms. The van der Waals surface area contributed by atoms with Gasteiger partial charge >= 0.3 is 5.97 Å². The number of benzene rings is 2. The second-order valence-corrected chi connectivity index (χ2v) is 8.41. The van der Waals surface area contributed by atoms with E-state index in [4.69, 9.17) is 9.47 Å². The number of allylic oxidation sites excluding steroid dienone is 3. The van der Waals surface area contributed by atoms with E-state index in [0.717, 1.165) is 11.3 Å². The maximum atomic E-state index is 13.5.